The zero-order chi connectivity index (χ0) is 10.1. The summed E-state index contributed by atoms with van der Waals surface area (Å²) in [6.07, 6.45) is 5.51. The van der Waals surface area contributed by atoms with Gasteiger partial charge in [0, 0.05) is 22.4 Å². The molecule has 0 bridgehead atoms. The fraction of sp³-hybridized carbons (Fsp3) is 0.333. The van der Waals surface area contributed by atoms with Crippen LogP contribution in [0.4, 0.5) is 0 Å². The average molecular weight is 252 g/mol. The van der Waals surface area contributed by atoms with Crippen molar-refractivity contribution in [3.05, 3.63) is 40.6 Å². The second-order valence-corrected chi connectivity index (χ2v) is 4.68. The van der Waals surface area contributed by atoms with E-state index in [-0.39, 0.29) is 0 Å². The molecule has 0 radical (unpaired) electrons. The van der Waals surface area contributed by atoms with Gasteiger partial charge < -0.3 is 4.40 Å². The first-order valence-electron chi connectivity index (χ1n) is 4.98. The van der Waals surface area contributed by atoms with Crippen LogP contribution in [0.3, 0.4) is 0 Å². The minimum absolute atomic E-state index is 0.647. The van der Waals surface area contributed by atoms with E-state index in [2.05, 4.69) is 64.8 Å². The van der Waals surface area contributed by atoms with E-state index in [1.165, 1.54) is 17.5 Å². The minimum Gasteiger partial charge on any atom is -0.322 e. The van der Waals surface area contributed by atoms with Gasteiger partial charge in [-0.15, -0.1) is 0 Å². The zero-order valence-corrected chi connectivity index (χ0v) is 10.1. The highest BCUT2D eigenvalue weighted by molar-refractivity contribution is 9.10. The molecule has 2 heteroatoms. The summed E-state index contributed by atoms with van der Waals surface area (Å²) in [5.41, 5.74) is 2.69. The van der Waals surface area contributed by atoms with Crippen molar-refractivity contribution in [2.75, 3.05) is 0 Å². The van der Waals surface area contributed by atoms with E-state index >= 15 is 0 Å². The summed E-state index contributed by atoms with van der Waals surface area (Å²) in [6.45, 7) is 4.49. The Hall–Kier alpha value is -0.760. The van der Waals surface area contributed by atoms with Crippen LogP contribution in [0.2, 0.25) is 0 Å². The molecule has 0 spiro atoms. The average Bonchev–Trinajstić information content (AvgIpc) is 2.59. The lowest BCUT2D eigenvalue weighted by molar-refractivity contribution is 0.733. The van der Waals surface area contributed by atoms with Crippen molar-refractivity contribution >= 4 is 21.4 Å². The van der Waals surface area contributed by atoms with Crippen molar-refractivity contribution in [2.24, 2.45) is 0 Å². The summed E-state index contributed by atoms with van der Waals surface area (Å²) in [4.78, 5) is 0. The van der Waals surface area contributed by atoms with Crippen molar-refractivity contribution in [2.45, 2.75) is 26.2 Å². The van der Waals surface area contributed by atoms with Crippen LogP contribution in [-0.4, -0.2) is 4.40 Å². The summed E-state index contributed by atoms with van der Waals surface area (Å²) < 4.78 is 3.29. The Kier molecular flexibility index (Phi) is 2.64. The second-order valence-electron chi connectivity index (χ2n) is 3.76. The Balaban J connectivity index is 2.51. The third-order valence-corrected chi connectivity index (χ3v) is 3.23. The molecular weight excluding hydrogens is 238 g/mol. The first-order chi connectivity index (χ1) is 6.70. The standard InChI is InChI=1S/C12H14BrN/c1-3-9(2)10-6-12-5-4-11(13)8-14(12)7-10/h4-9H,3H2,1-2H3. The molecule has 0 aromatic carbocycles. The summed E-state index contributed by atoms with van der Waals surface area (Å²) in [6, 6.07) is 6.48. The molecule has 2 aromatic rings. The molecule has 1 unspecified atom stereocenters. The van der Waals surface area contributed by atoms with Gasteiger partial charge in [-0.1, -0.05) is 13.8 Å². The van der Waals surface area contributed by atoms with Crippen LogP contribution >= 0.6 is 15.9 Å². The quantitative estimate of drug-likeness (QED) is 0.753. The van der Waals surface area contributed by atoms with E-state index in [0.29, 0.717) is 5.92 Å². The summed E-state index contributed by atoms with van der Waals surface area (Å²) in [5, 5.41) is 0. The van der Waals surface area contributed by atoms with Crippen molar-refractivity contribution in [3.63, 3.8) is 0 Å². The molecule has 2 rings (SSSR count). The first kappa shape index (κ1) is 9.78. The fourth-order valence-corrected chi connectivity index (χ4v) is 1.96. The number of nitrogens with zero attached hydrogens (tertiary/aromatic N) is 1. The lowest BCUT2D eigenvalue weighted by Crippen LogP contribution is -1.87. The molecule has 0 N–H and O–H groups in total. The van der Waals surface area contributed by atoms with Crippen molar-refractivity contribution in [3.8, 4) is 0 Å². The number of hydrogen-bond acceptors (Lipinski definition) is 0. The van der Waals surface area contributed by atoms with Gasteiger partial charge in [0.05, 0.1) is 0 Å². The van der Waals surface area contributed by atoms with Crippen LogP contribution in [0.1, 0.15) is 31.7 Å². The number of fused-ring (bicyclic) bond motifs is 1. The van der Waals surface area contributed by atoms with Crippen LogP contribution < -0.4 is 0 Å². The number of halogens is 1. The predicted octanol–water partition coefficient (Wildman–Crippen LogP) is 4.22. The lowest BCUT2D eigenvalue weighted by atomic mass is 10.0. The first-order valence-corrected chi connectivity index (χ1v) is 5.77. The third-order valence-electron chi connectivity index (χ3n) is 2.76. The highest BCUT2D eigenvalue weighted by atomic mass is 79.9. The molecule has 14 heavy (non-hydrogen) atoms. The highest BCUT2D eigenvalue weighted by Crippen LogP contribution is 2.22. The molecule has 0 saturated heterocycles. The van der Waals surface area contributed by atoms with Gasteiger partial charge in [0.15, 0.2) is 0 Å². The molecule has 2 heterocycles. The maximum atomic E-state index is 3.47. The Morgan fingerprint density at radius 1 is 1.36 bits per heavy atom. The van der Waals surface area contributed by atoms with E-state index in [4.69, 9.17) is 0 Å². The van der Waals surface area contributed by atoms with Crippen molar-refractivity contribution < 1.29 is 0 Å². The smallest absolute Gasteiger partial charge is 0.0453 e. The van der Waals surface area contributed by atoms with E-state index in [0.717, 1.165) is 4.47 Å². The van der Waals surface area contributed by atoms with Crippen molar-refractivity contribution in [1.29, 1.82) is 0 Å². The largest absolute Gasteiger partial charge is 0.322 e. The predicted molar refractivity (Wildman–Crippen MR) is 63.8 cm³/mol. The molecular formula is C12H14BrN. The van der Waals surface area contributed by atoms with Gasteiger partial charge in [0.25, 0.3) is 0 Å². The van der Waals surface area contributed by atoms with Gasteiger partial charge in [0.2, 0.25) is 0 Å². The molecule has 1 nitrogen and oxygen atoms in total. The normalized spacial score (nSPS) is 13.4. The molecule has 2 aromatic heterocycles. The molecule has 0 aliphatic rings. The molecule has 74 valence electrons. The number of pyridine rings is 1. The second kappa shape index (κ2) is 3.77. The molecule has 0 saturated carbocycles. The van der Waals surface area contributed by atoms with Crippen molar-refractivity contribution in [1.82, 2.24) is 4.40 Å². The van der Waals surface area contributed by atoms with Crippen LogP contribution in [0, 0.1) is 0 Å². The highest BCUT2D eigenvalue weighted by Gasteiger charge is 2.05. The van der Waals surface area contributed by atoms with Crippen LogP contribution in [0.15, 0.2) is 35.1 Å². The molecule has 0 aliphatic heterocycles. The Labute approximate surface area is 92.9 Å². The lowest BCUT2D eigenvalue weighted by Gasteiger charge is -2.03. The maximum Gasteiger partial charge on any atom is 0.0453 e. The third kappa shape index (κ3) is 1.71. The summed E-state index contributed by atoms with van der Waals surface area (Å²) in [5.74, 6) is 0.647. The molecule has 1 atom stereocenters. The van der Waals surface area contributed by atoms with E-state index in [9.17, 15) is 0 Å². The number of hydrogen-bond donors (Lipinski definition) is 0. The maximum absolute atomic E-state index is 3.47. The number of aromatic nitrogens is 1. The Morgan fingerprint density at radius 2 is 2.14 bits per heavy atom. The summed E-state index contributed by atoms with van der Waals surface area (Å²) >= 11 is 3.47. The molecule has 0 aliphatic carbocycles. The van der Waals surface area contributed by atoms with Crippen LogP contribution in [-0.2, 0) is 0 Å². The van der Waals surface area contributed by atoms with E-state index in [1.807, 2.05) is 0 Å². The fourth-order valence-electron chi connectivity index (χ4n) is 1.61. The minimum atomic E-state index is 0.647. The van der Waals surface area contributed by atoms with Gasteiger partial charge in [0.1, 0.15) is 0 Å². The molecule has 0 fully saturated rings. The van der Waals surface area contributed by atoms with Gasteiger partial charge in [-0.05, 0) is 52.0 Å². The SMILES string of the molecule is CCC(C)c1cc2ccc(Br)cn2c1. The summed E-state index contributed by atoms with van der Waals surface area (Å²) in [7, 11) is 0. The van der Waals surface area contributed by atoms with Gasteiger partial charge in [-0.25, -0.2) is 0 Å². The zero-order valence-electron chi connectivity index (χ0n) is 8.50. The van der Waals surface area contributed by atoms with Gasteiger partial charge >= 0.3 is 0 Å². The molecule has 0 amide bonds. The van der Waals surface area contributed by atoms with Gasteiger partial charge in [-0.2, -0.15) is 0 Å². The van der Waals surface area contributed by atoms with Gasteiger partial charge in [-0.3, -0.25) is 0 Å². The van der Waals surface area contributed by atoms with Crippen LogP contribution in [0.25, 0.3) is 5.52 Å². The van der Waals surface area contributed by atoms with E-state index in [1.54, 1.807) is 0 Å². The van der Waals surface area contributed by atoms with Crippen LogP contribution in [0.5, 0.6) is 0 Å². The topological polar surface area (TPSA) is 4.41 Å². The Bertz CT molecular complexity index is 445. The monoisotopic (exact) mass is 251 g/mol. The van der Waals surface area contributed by atoms with E-state index < -0.39 is 0 Å². The number of rotatable bonds is 2. The Morgan fingerprint density at radius 3 is 2.86 bits per heavy atom.